The van der Waals surface area contributed by atoms with Crippen molar-refractivity contribution in [1.82, 2.24) is 4.72 Å². The molecule has 0 spiro atoms. The second-order valence-corrected chi connectivity index (χ2v) is 6.69. The standard InChI is InChI=1S/C13H21N3O3S/c1-4-13(2,9-14)12(17)16-10-6-5-7-11(8-10)20(18,19)15-3/h5-8,15H,4,9,14H2,1-3H3,(H,16,17). The Kier molecular flexibility index (Phi) is 5.27. The van der Waals surface area contributed by atoms with Crippen LogP contribution in [-0.4, -0.2) is 27.9 Å². The summed E-state index contributed by atoms with van der Waals surface area (Å²) in [4.78, 5) is 12.3. The smallest absolute Gasteiger partial charge is 0.240 e. The molecule has 1 atom stereocenters. The van der Waals surface area contributed by atoms with Crippen LogP contribution in [0.2, 0.25) is 0 Å². The van der Waals surface area contributed by atoms with E-state index in [4.69, 9.17) is 5.73 Å². The van der Waals surface area contributed by atoms with E-state index in [1.807, 2.05) is 6.92 Å². The number of anilines is 1. The van der Waals surface area contributed by atoms with Gasteiger partial charge in [-0.1, -0.05) is 13.0 Å². The monoisotopic (exact) mass is 299 g/mol. The van der Waals surface area contributed by atoms with Crippen molar-refractivity contribution in [2.45, 2.75) is 25.2 Å². The van der Waals surface area contributed by atoms with Crippen LogP contribution >= 0.6 is 0 Å². The minimum atomic E-state index is -3.53. The molecule has 20 heavy (non-hydrogen) atoms. The molecule has 4 N–H and O–H groups in total. The molecule has 1 amide bonds. The number of hydrogen-bond acceptors (Lipinski definition) is 4. The molecule has 0 bridgehead atoms. The third-order valence-electron chi connectivity index (χ3n) is 3.45. The summed E-state index contributed by atoms with van der Waals surface area (Å²) in [6.45, 7) is 3.88. The average Bonchev–Trinajstić information content (AvgIpc) is 2.46. The van der Waals surface area contributed by atoms with E-state index in [0.717, 1.165) is 0 Å². The molecule has 1 unspecified atom stereocenters. The molecule has 0 saturated carbocycles. The van der Waals surface area contributed by atoms with Gasteiger partial charge in [0.2, 0.25) is 15.9 Å². The Morgan fingerprint density at radius 2 is 2.05 bits per heavy atom. The minimum absolute atomic E-state index is 0.101. The van der Waals surface area contributed by atoms with E-state index in [1.54, 1.807) is 19.1 Å². The van der Waals surface area contributed by atoms with Crippen molar-refractivity contribution in [2.24, 2.45) is 11.1 Å². The van der Waals surface area contributed by atoms with E-state index >= 15 is 0 Å². The summed E-state index contributed by atoms with van der Waals surface area (Å²) in [6, 6.07) is 6.09. The predicted molar refractivity (Wildman–Crippen MR) is 78.8 cm³/mol. The van der Waals surface area contributed by atoms with Crippen molar-refractivity contribution < 1.29 is 13.2 Å². The van der Waals surface area contributed by atoms with Crippen LogP contribution < -0.4 is 15.8 Å². The zero-order chi connectivity index (χ0) is 15.4. The molecule has 1 aromatic carbocycles. The van der Waals surface area contributed by atoms with Crippen molar-refractivity contribution in [1.29, 1.82) is 0 Å². The van der Waals surface area contributed by atoms with Gasteiger partial charge in [0.1, 0.15) is 0 Å². The first-order chi connectivity index (χ1) is 9.29. The number of nitrogens with one attached hydrogen (secondary N) is 2. The highest BCUT2D eigenvalue weighted by atomic mass is 32.2. The zero-order valence-corrected chi connectivity index (χ0v) is 12.8. The van der Waals surface area contributed by atoms with E-state index in [-0.39, 0.29) is 17.3 Å². The highest BCUT2D eigenvalue weighted by Crippen LogP contribution is 2.23. The summed E-state index contributed by atoms with van der Waals surface area (Å²) in [7, 11) is -2.19. The maximum absolute atomic E-state index is 12.2. The number of nitrogens with two attached hydrogens (primary N) is 1. The zero-order valence-electron chi connectivity index (χ0n) is 11.9. The molecule has 1 aromatic rings. The molecule has 0 aromatic heterocycles. The number of amides is 1. The van der Waals surface area contributed by atoms with E-state index in [0.29, 0.717) is 12.1 Å². The third-order valence-corrected chi connectivity index (χ3v) is 4.86. The molecule has 112 valence electrons. The predicted octanol–water partition coefficient (Wildman–Crippen LogP) is 0.908. The summed E-state index contributed by atoms with van der Waals surface area (Å²) < 4.78 is 25.6. The summed E-state index contributed by atoms with van der Waals surface area (Å²) in [5.41, 5.74) is 5.39. The second-order valence-electron chi connectivity index (χ2n) is 4.81. The van der Waals surface area contributed by atoms with Gasteiger partial charge in [-0.25, -0.2) is 13.1 Å². The first kappa shape index (κ1) is 16.6. The van der Waals surface area contributed by atoms with Gasteiger partial charge in [0.05, 0.1) is 10.3 Å². The molecule has 0 aliphatic heterocycles. The lowest BCUT2D eigenvalue weighted by atomic mass is 9.86. The van der Waals surface area contributed by atoms with Gasteiger partial charge >= 0.3 is 0 Å². The highest BCUT2D eigenvalue weighted by molar-refractivity contribution is 7.89. The van der Waals surface area contributed by atoms with Crippen LogP contribution in [0.25, 0.3) is 0 Å². The normalized spacial score (nSPS) is 14.6. The first-order valence-electron chi connectivity index (χ1n) is 6.34. The fourth-order valence-corrected chi connectivity index (χ4v) is 2.31. The molecular formula is C13H21N3O3S. The van der Waals surface area contributed by atoms with E-state index < -0.39 is 15.4 Å². The van der Waals surface area contributed by atoms with Crippen LogP contribution in [0.15, 0.2) is 29.2 Å². The molecular weight excluding hydrogens is 278 g/mol. The SMILES string of the molecule is CCC(C)(CN)C(=O)Nc1cccc(S(=O)(=O)NC)c1. The molecule has 0 radical (unpaired) electrons. The largest absolute Gasteiger partial charge is 0.329 e. The van der Waals surface area contributed by atoms with Gasteiger partial charge in [-0.15, -0.1) is 0 Å². The Balaban J connectivity index is 3.01. The fourth-order valence-electron chi connectivity index (χ4n) is 1.54. The number of hydrogen-bond donors (Lipinski definition) is 3. The summed E-state index contributed by atoms with van der Waals surface area (Å²) in [6.07, 6.45) is 0.601. The Bertz CT molecular complexity index is 580. The van der Waals surface area contributed by atoms with E-state index in [9.17, 15) is 13.2 Å². The average molecular weight is 299 g/mol. The number of benzene rings is 1. The topological polar surface area (TPSA) is 101 Å². The Morgan fingerprint density at radius 3 is 2.55 bits per heavy atom. The van der Waals surface area contributed by atoms with Gasteiger partial charge in [0.15, 0.2) is 0 Å². The molecule has 0 aliphatic carbocycles. The van der Waals surface area contributed by atoms with Crippen LogP contribution in [0, 0.1) is 5.41 Å². The van der Waals surface area contributed by atoms with Crippen LogP contribution in [-0.2, 0) is 14.8 Å². The van der Waals surface area contributed by atoms with Gasteiger partial charge in [0, 0.05) is 12.2 Å². The molecule has 0 saturated heterocycles. The number of carbonyl (C=O) groups is 1. The van der Waals surface area contributed by atoms with Gasteiger partial charge in [-0.2, -0.15) is 0 Å². The summed E-state index contributed by atoms with van der Waals surface area (Å²) in [5, 5.41) is 2.71. The number of sulfonamides is 1. The first-order valence-corrected chi connectivity index (χ1v) is 7.82. The van der Waals surface area contributed by atoms with Crippen molar-refractivity contribution in [3.05, 3.63) is 24.3 Å². The Labute approximate surface area is 119 Å². The van der Waals surface area contributed by atoms with Crippen LogP contribution in [0.1, 0.15) is 20.3 Å². The van der Waals surface area contributed by atoms with Crippen molar-refractivity contribution in [2.75, 3.05) is 18.9 Å². The maximum Gasteiger partial charge on any atom is 0.240 e. The molecule has 6 nitrogen and oxygen atoms in total. The lowest BCUT2D eigenvalue weighted by Crippen LogP contribution is -2.39. The summed E-state index contributed by atoms with van der Waals surface area (Å²) >= 11 is 0. The minimum Gasteiger partial charge on any atom is -0.329 e. The molecule has 0 fully saturated rings. The van der Waals surface area contributed by atoms with Crippen molar-refractivity contribution in [3.63, 3.8) is 0 Å². The highest BCUT2D eigenvalue weighted by Gasteiger charge is 2.29. The second kappa shape index (κ2) is 6.34. The summed E-state index contributed by atoms with van der Waals surface area (Å²) in [5.74, 6) is -0.221. The van der Waals surface area contributed by atoms with E-state index in [1.165, 1.54) is 19.2 Å². The van der Waals surface area contributed by atoms with E-state index in [2.05, 4.69) is 10.0 Å². The molecule has 0 aliphatic rings. The Hall–Kier alpha value is -1.44. The van der Waals surface area contributed by atoms with Crippen molar-refractivity contribution >= 4 is 21.6 Å². The van der Waals surface area contributed by atoms with Crippen LogP contribution in [0.4, 0.5) is 5.69 Å². The van der Waals surface area contributed by atoms with Gasteiger partial charge in [-0.3, -0.25) is 4.79 Å². The maximum atomic E-state index is 12.2. The van der Waals surface area contributed by atoms with Gasteiger partial charge < -0.3 is 11.1 Å². The lowest BCUT2D eigenvalue weighted by Gasteiger charge is -2.25. The van der Waals surface area contributed by atoms with Gasteiger partial charge in [-0.05, 0) is 38.6 Å². The fraction of sp³-hybridized carbons (Fsp3) is 0.462. The molecule has 1 rings (SSSR count). The Morgan fingerprint density at radius 1 is 1.40 bits per heavy atom. The molecule has 0 heterocycles. The van der Waals surface area contributed by atoms with Crippen LogP contribution in [0.5, 0.6) is 0 Å². The number of rotatable bonds is 6. The van der Waals surface area contributed by atoms with Crippen molar-refractivity contribution in [3.8, 4) is 0 Å². The lowest BCUT2D eigenvalue weighted by molar-refractivity contribution is -0.124. The van der Waals surface area contributed by atoms with Crippen LogP contribution in [0.3, 0.4) is 0 Å². The molecule has 7 heteroatoms. The third kappa shape index (κ3) is 3.56. The quantitative estimate of drug-likeness (QED) is 0.726. The van der Waals surface area contributed by atoms with Gasteiger partial charge in [0.25, 0.3) is 0 Å². The number of carbonyl (C=O) groups excluding carboxylic acids is 1.